The van der Waals surface area contributed by atoms with Crippen LogP contribution in [0.5, 0.6) is 0 Å². The summed E-state index contributed by atoms with van der Waals surface area (Å²) >= 11 is 0. The van der Waals surface area contributed by atoms with Crippen LogP contribution in [0.15, 0.2) is 121 Å². The molecule has 4 aliphatic rings. The van der Waals surface area contributed by atoms with Crippen molar-refractivity contribution >= 4 is 57.2 Å². The van der Waals surface area contributed by atoms with Crippen molar-refractivity contribution in [1.82, 2.24) is 0 Å². The summed E-state index contributed by atoms with van der Waals surface area (Å²) in [5, 5.41) is 0. The van der Waals surface area contributed by atoms with Gasteiger partial charge in [0.15, 0.2) is 0 Å². The van der Waals surface area contributed by atoms with Gasteiger partial charge in [0, 0.05) is 22.2 Å². The fourth-order valence-electron chi connectivity index (χ4n) is 12.2. The number of aryl methyl sites for hydroxylation is 3. The highest BCUT2D eigenvalue weighted by molar-refractivity contribution is 6.99. The summed E-state index contributed by atoms with van der Waals surface area (Å²) in [5.41, 5.74) is 29.4. The number of hydrogen-bond acceptors (Lipinski definition) is 2. The molecule has 2 heterocycles. The van der Waals surface area contributed by atoms with E-state index < -0.39 is 0 Å². The molecule has 0 saturated carbocycles. The number of hydrogen-bond donors (Lipinski definition) is 0. The highest BCUT2D eigenvalue weighted by atomic mass is 15.3. The molecule has 0 saturated heterocycles. The van der Waals surface area contributed by atoms with Gasteiger partial charge in [0.1, 0.15) is 0 Å². The number of fused-ring (bicyclic) bond motifs is 11. The van der Waals surface area contributed by atoms with E-state index in [9.17, 15) is 0 Å². The minimum Gasteiger partial charge on any atom is -0.307 e. The van der Waals surface area contributed by atoms with Gasteiger partial charge in [0.2, 0.25) is 6.71 Å². The van der Waals surface area contributed by atoms with Crippen molar-refractivity contribution in [2.45, 2.75) is 112 Å². The molecule has 0 fully saturated rings. The van der Waals surface area contributed by atoms with Crippen LogP contribution in [-0.4, -0.2) is 6.71 Å². The zero-order chi connectivity index (χ0) is 43.6. The SMILES string of the molecule is Cc1cc(C)c(B2c3cccc4c3N(c3ccccc3N4c3ccc4c(c3)C(C)(C)c3cc(C(C)(C)C)ccc3-4)c3ccc4c(c32)C(C)(C)c2cc(C(C)(C)C)ccc2-4)c(C)c1. The Morgan fingerprint density at radius 3 is 1.58 bits per heavy atom. The second-order valence-corrected chi connectivity index (χ2v) is 22.0. The van der Waals surface area contributed by atoms with Gasteiger partial charge in [0.25, 0.3) is 0 Å². The predicted octanol–water partition coefficient (Wildman–Crippen LogP) is 13.9. The number of rotatable bonds is 2. The van der Waals surface area contributed by atoms with Gasteiger partial charge in [0.05, 0.1) is 22.7 Å². The molecule has 0 atom stereocenters. The first-order valence-corrected chi connectivity index (χ1v) is 22.8. The van der Waals surface area contributed by atoms with Gasteiger partial charge in [-0.25, -0.2) is 0 Å². The first-order chi connectivity index (χ1) is 29.3. The van der Waals surface area contributed by atoms with Crippen LogP contribution >= 0.6 is 0 Å². The summed E-state index contributed by atoms with van der Waals surface area (Å²) in [5.74, 6) is 0. The molecule has 0 unspecified atom stereocenters. The van der Waals surface area contributed by atoms with Crippen LogP contribution in [0.1, 0.15) is 119 Å². The van der Waals surface area contributed by atoms with E-state index in [0.717, 1.165) is 0 Å². The molecule has 308 valence electrons. The third kappa shape index (κ3) is 5.23. The Kier molecular flexibility index (Phi) is 7.98. The second kappa shape index (κ2) is 12.7. The van der Waals surface area contributed by atoms with Gasteiger partial charge < -0.3 is 9.80 Å². The van der Waals surface area contributed by atoms with E-state index in [1.165, 1.54) is 123 Å². The topological polar surface area (TPSA) is 6.48 Å². The maximum Gasteiger partial charge on any atom is 0.247 e. The normalized spacial score (nSPS) is 16.0. The summed E-state index contributed by atoms with van der Waals surface area (Å²) in [7, 11) is 0. The third-order valence-corrected chi connectivity index (χ3v) is 15.2. The molecular formula is C59H59BN2. The summed E-state index contributed by atoms with van der Waals surface area (Å²) in [6.45, 7) is 30.7. The minimum absolute atomic E-state index is 0.0417. The molecule has 0 amide bonds. The molecule has 62 heavy (non-hydrogen) atoms. The Morgan fingerprint density at radius 2 is 0.968 bits per heavy atom. The van der Waals surface area contributed by atoms with Crippen molar-refractivity contribution in [1.29, 1.82) is 0 Å². The molecule has 2 aliphatic carbocycles. The Labute approximate surface area is 370 Å². The zero-order valence-electron chi connectivity index (χ0n) is 39.0. The summed E-state index contributed by atoms with van der Waals surface area (Å²) in [4.78, 5) is 5.19. The van der Waals surface area contributed by atoms with Crippen molar-refractivity contribution in [3.8, 4) is 22.3 Å². The number of anilines is 6. The Hall–Kier alpha value is -5.80. The lowest BCUT2D eigenvalue weighted by Crippen LogP contribution is -2.61. The van der Waals surface area contributed by atoms with E-state index in [1.54, 1.807) is 0 Å². The average molecular weight is 807 g/mol. The van der Waals surface area contributed by atoms with E-state index in [-0.39, 0.29) is 28.4 Å². The summed E-state index contributed by atoms with van der Waals surface area (Å²) in [6.07, 6.45) is 0. The lowest BCUT2D eigenvalue weighted by Gasteiger charge is -2.47. The van der Waals surface area contributed by atoms with Crippen molar-refractivity contribution in [2.75, 3.05) is 9.80 Å². The maximum absolute atomic E-state index is 2.63. The second-order valence-electron chi connectivity index (χ2n) is 22.0. The lowest BCUT2D eigenvalue weighted by molar-refractivity contribution is 0.584. The number of para-hydroxylation sites is 3. The Balaban J connectivity index is 1.17. The molecule has 0 spiro atoms. The van der Waals surface area contributed by atoms with E-state index >= 15 is 0 Å². The largest absolute Gasteiger partial charge is 0.307 e. The van der Waals surface area contributed by atoms with Crippen LogP contribution in [0.2, 0.25) is 0 Å². The highest BCUT2D eigenvalue weighted by Gasteiger charge is 2.48. The molecule has 2 nitrogen and oxygen atoms in total. The number of nitrogens with zero attached hydrogens (tertiary/aromatic N) is 2. The molecule has 3 heteroatoms. The van der Waals surface area contributed by atoms with Crippen LogP contribution in [0.4, 0.5) is 34.1 Å². The monoisotopic (exact) mass is 806 g/mol. The Morgan fingerprint density at radius 1 is 0.452 bits per heavy atom. The van der Waals surface area contributed by atoms with Crippen molar-refractivity contribution < 1.29 is 0 Å². The molecular weight excluding hydrogens is 747 g/mol. The molecule has 11 rings (SSSR count). The number of benzene rings is 7. The standard InChI is InChI=1S/C59H59BN2/c1-34-29-35(2)53(36(3)30-34)60-47-17-16-20-51-55(47)62(50-28-27-43-42-25-22-38(57(7,8)9)32-45(42)59(12,13)52(43)54(50)60)49-19-15-14-18-48(49)61(51)39-23-26-41-40-24-21-37(56(4,5)6)31-44(40)58(10,11)46(41)33-39/h14-33H,1-13H3. The minimum atomic E-state index is -0.207. The van der Waals surface area contributed by atoms with Crippen LogP contribution in [0, 0.1) is 20.8 Å². The summed E-state index contributed by atoms with van der Waals surface area (Å²) < 4.78 is 0. The molecule has 2 aliphatic heterocycles. The van der Waals surface area contributed by atoms with E-state index in [0.29, 0.717) is 0 Å². The first kappa shape index (κ1) is 39.1. The van der Waals surface area contributed by atoms with Gasteiger partial charge in [-0.15, -0.1) is 0 Å². The van der Waals surface area contributed by atoms with Crippen LogP contribution in [-0.2, 0) is 21.7 Å². The van der Waals surface area contributed by atoms with E-state index in [4.69, 9.17) is 0 Å². The van der Waals surface area contributed by atoms with Crippen molar-refractivity contribution in [3.63, 3.8) is 0 Å². The zero-order valence-corrected chi connectivity index (χ0v) is 39.0. The predicted molar refractivity (Wildman–Crippen MR) is 267 cm³/mol. The van der Waals surface area contributed by atoms with E-state index in [2.05, 4.69) is 221 Å². The van der Waals surface area contributed by atoms with Gasteiger partial charge in [-0.1, -0.05) is 176 Å². The smallest absolute Gasteiger partial charge is 0.247 e. The van der Waals surface area contributed by atoms with Gasteiger partial charge >= 0.3 is 0 Å². The van der Waals surface area contributed by atoms with E-state index in [1.807, 2.05) is 0 Å². The molecule has 7 aromatic carbocycles. The molecule has 0 bridgehead atoms. The maximum atomic E-state index is 2.63. The first-order valence-electron chi connectivity index (χ1n) is 22.8. The van der Waals surface area contributed by atoms with Gasteiger partial charge in [-0.2, -0.15) is 0 Å². The highest BCUT2D eigenvalue weighted by Crippen LogP contribution is 2.58. The molecule has 0 N–H and O–H groups in total. The van der Waals surface area contributed by atoms with Crippen molar-refractivity contribution in [2.24, 2.45) is 0 Å². The molecule has 7 aromatic rings. The Bertz CT molecular complexity index is 3070. The molecule has 0 aromatic heterocycles. The van der Waals surface area contributed by atoms with Gasteiger partial charge in [-0.3, -0.25) is 0 Å². The third-order valence-electron chi connectivity index (χ3n) is 15.2. The van der Waals surface area contributed by atoms with Gasteiger partial charge in [-0.05, 0) is 135 Å². The van der Waals surface area contributed by atoms with Crippen molar-refractivity contribution in [3.05, 3.63) is 171 Å². The lowest BCUT2D eigenvalue weighted by atomic mass is 9.32. The molecule has 0 radical (unpaired) electrons. The quantitative estimate of drug-likeness (QED) is 0.161. The fourth-order valence-corrected chi connectivity index (χ4v) is 12.2. The average Bonchev–Trinajstić information content (AvgIpc) is 3.59. The van der Waals surface area contributed by atoms with Crippen LogP contribution < -0.4 is 26.2 Å². The van der Waals surface area contributed by atoms with Crippen LogP contribution in [0.3, 0.4) is 0 Å². The fraction of sp³-hybridized carbons (Fsp3) is 0.288. The summed E-state index contributed by atoms with van der Waals surface area (Å²) in [6, 6.07) is 47.7. The van der Waals surface area contributed by atoms with Crippen LogP contribution in [0.25, 0.3) is 22.3 Å².